The van der Waals surface area contributed by atoms with Crippen LogP contribution in [0.5, 0.6) is 0 Å². The molecule has 0 rings (SSSR count). The van der Waals surface area contributed by atoms with Crippen molar-refractivity contribution in [3.63, 3.8) is 0 Å². The lowest BCUT2D eigenvalue weighted by Gasteiger charge is -2.20. The number of aliphatic carboxylic acids is 2. The van der Waals surface area contributed by atoms with Crippen LogP contribution in [0.4, 0.5) is 0 Å². The molecule has 0 unspecified atom stereocenters. The minimum Gasteiger partial charge on any atom is -0.481 e. The number of carboxylic acids is 2. The maximum absolute atomic E-state index is 12.4. The Morgan fingerprint density at radius 2 is 1.00 bits per heavy atom. The van der Waals surface area contributed by atoms with Crippen LogP contribution in [0.3, 0.4) is 0 Å². The van der Waals surface area contributed by atoms with Crippen molar-refractivity contribution in [1.82, 2.24) is 16.0 Å². The number of unbranched alkanes of at least 4 members (excludes halogenated alkanes) is 14. The van der Waals surface area contributed by atoms with Crippen LogP contribution in [0.15, 0.2) is 0 Å². The molecule has 0 saturated heterocycles. The number of rotatable bonds is 48. The van der Waals surface area contributed by atoms with Crippen LogP contribution in [-0.2, 0) is 57.3 Å². The normalized spacial score (nSPS) is 12.3. The Balaban J connectivity index is 3.71. The van der Waals surface area contributed by atoms with E-state index in [9.17, 15) is 43.5 Å². The molecule has 0 aromatic carbocycles. The highest BCUT2D eigenvalue weighted by molar-refractivity contribution is 5.91. The number of hydrogen-bond acceptors (Lipinski definition) is 13. The molecule has 2 atom stereocenters. The number of carboxylic acid groups (broad SMARTS) is 2. The minimum absolute atomic E-state index is 0.0289. The first-order valence-corrected chi connectivity index (χ1v) is 24.5. The van der Waals surface area contributed by atoms with Crippen LogP contribution in [0.25, 0.3) is 0 Å². The van der Waals surface area contributed by atoms with Gasteiger partial charge in [0.1, 0.15) is 30.8 Å². The third-order valence-corrected chi connectivity index (χ3v) is 10.9. The average molecular weight is 943 g/mol. The van der Waals surface area contributed by atoms with E-state index in [0.29, 0.717) is 45.3 Å². The van der Waals surface area contributed by atoms with E-state index < -0.39 is 23.5 Å². The predicted octanol–water partition coefficient (Wildman–Crippen LogP) is 5.38. The van der Waals surface area contributed by atoms with Crippen molar-refractivity contribution in [3.8, 4) is 0 Å². The van der Waals surface area contributed by atoms with E-state index in [1.807, 2.05) is 0 Å². The molecule has 0 spiro atoms. The summed E-state index contributed by atoms with van der Waals surface area (Å²) in [6, 6.07) is -1.11. The van der Waals surface area contributed by atoms with Crippen LogP contribution in [0.2, 0.25) is 0 Å². The van der Waals surface area contributed by atoms with Gasteiger partial charge in [-0.1, -0.05) is 83.5 Å². The highest BCUT2D eigenvalue weighted by atomic mass is 16.5. The maximum Gasteiger partial charge on any atom is 0.326 e. The van der Waals surface area contributed by atoms with Crippen molar-refractivity contribution >= 4 is 47.0 Å². The number of nitrogens with two attached hydrogens (primary N) is 1. The molecule has 0 aromatic rings. The Kier molecular flexibility index (Phi) is 38.9. The van der Waals surface area contributed by atoms with Crippen LogP contribution in [0, 0.1) is 5.92 Å². The summed E-state index contributed by atoms with van der Waals surface area (Å²) in [5.74, 6) is -3.46. The van der Waals surface area contributed by atoms with Crippen molar-refractivity contribution in [2.45, 2.75) is 186 Å². The number of amides is 3. The van der Waals surface area contributed by atoms with E-state index >= 15 is 0 Å². The van der Waals surface area contributed by atoms with E-state index in [4.69, 9.17) is 29.8 Å². The fraction of sp³-hybridized carbons (Fsp3) is 0.833. The van der Waals surface area contributed by atoms with Gasteiger partial charge in [-0.25, -0.2) is 4.79 Å². The van der Waals surface area contributed by atoms with Crippen LogP contribution in [-0.4, -0.2) is 135 Å². The molecule has 382 valence electrons. The fourth-order valence-corrected chi connectivity index (χ4v) is 6.82. The first kappa shape index (κ1) is 62.2. The zero-order chi connectivity index (χ0) is 49.3. The monoisotopic (exact) mass is 943 g/mol. The standard InChI is InChI=1S/C48H86N4O14/c1-38(53)39(35-42(55)48(2,3)49)21-18-19-27-50-44(57)36-66-34-32-64-30-28-51-45(58)37-65-33-31-63-29-20-22-40(54)25-26-41(47(61)62)52-43(56)23-16-14-12-10-8-6-4-5-7-9-11-13-15-17-24-46(59)60/h39,41H,4-37,49H2,1-3H3,(H,50,57)(H,51,58)(H,52,56)(H,59,60)(H,61,62)/t39-,41+/m1/s1. The highest BCUT2D eigenvalue weighted by Gasteiger charge is 2.27. The molecule has 0 bridgehead atoms. The summed E-state index contributed by atoms with van der Waals surface area (Å²) in [6.07, 6.45) is 18.4. The Hall–Kier alpha value is -3.84. The van der Waals surface area contributed by atoms with Gasteiger partial charge in [0.25, 0.3) is 0 Å². The molecule has 0 radical (unpaired) electrons. The van der Waals surface area contributed by atoms with Gasteiger partial charge in [-0.15, -0.1) is 0 Å². The zero-order valence-corrected chi connectivity index (χ0v) is 40.6. The van der Waals surface area contributed by atoms with E-state index in [0.717, 1.165) is 38.5 Å². The highest BCUT2D eigenvalue weighted by Crippen LogP contribution is 2.18. The van der Waals surface area contributed by atoms with E-state index in [1.165, 1.54) is 51.9 Å². The third-order valence-electron chi connectivity index (χ3n) is 10.9. The number of ketones is 3. The largest absolute Gasteiger partial charge is 0.481 e. The zero-order valence-electron chi connectivity index (χ0n) is 40.6. The van der Waals surface area contributed by atoms with Crippen molar-refractivity contribution < 1.29 is 67.5 Å². The molecule has 18 nitrogen and oxygen atoms in total. The number of carbonyl (C=O) groups is 8. The Labute approximate surface area is 393 Å². The Morgan fingerprint density at radius 1 is 0.515 bits per heavy atom. The lowest BCUT2D eigenvalue weighted by molar-refractivity contribution is -0.142. The molecule has 0 aliphatic rings. The molecule has 0 aromatic heterocycles. The van der Waals surface area contributed by atoms with Gasteiger partial charge in [-0.2, -0.15) is 0 Å². The number of nitrogens with one attached hydrogen (secondary N) is 3. The van der Waals surface area contributed by atoms with Gasteiger partial charge < -0.3 is 50.8 Å². The third kappa shape index (κ3) is 40.4. The smallest absolute Gasteiger partial charge is 0.326 e. The molecular weight excluding hydrogens is 857 g/mol. The number of carbonyl (C=O) groups excluding carboxylic acids is 6. The summed E-state index contributed by atoms with van der Waals surface area (Å²) in [4.78, 5) is 94.9. The first-order valence-electron chi connectivity index (χ1n) is 24.5. The second kappa shape index (κ2) is 41.4. The van der Waals surface area contributed by atoms with Gasteiger partial charge in [0.15, 0.2) is 5.78 Å². The quantitative estimate of drug-likeness (QED) is 0.0418. The predicted molar refractivity (Wildman–Crippen MR) is 250 cm³/mol. The topological polar surface area (TPSA) is 276 Å². The van der Waals surface area contributed by atoms with E-state index in [2.05, 4.69) is 16.0 Å². The van der Waals surface area contributed by atoms with Crippen molar-refractivity contribution in [3.05, 3.63) is 0 Å². The summed E-state index contributed by atoms with van der Waals surface area (Å²) < 4.78 is 21.5. The molecule has 3 amide bonds. The van der Waals surface area contributed by atoms with E-state index in [-0.39, 0.29) is 132 Å². The minimum atomic E-state index is -1.16. The molecule has 0 heterocycles. The molecule has 0 saturated carbocycles. The van der Waals surface area contributed by atoms with Gasteiger partial charge in [0.05, 0.1) is 38.6 Å². The van der Waals surface area contributed by atoms with Crippen LogP contribution in [0.1, 0.15) is 175 Å². The number of Topliss-reactive ketones (excluding diaryl/α,β-unsaturated/α-hetero) is 3. The average Bonchev–Trinajstić information content (AvgIpc) is 3.25. The Morgan fingerprint density at radius 3 is 1.50 bits per heavy atom. The molecule has 0 aliphatic carbocycles. The van der Waals surface area contributed by atoms with Gasteiger partial charge in [0, 0.05) is 57.7 Å². The van der Waals surface area contributed by atoms with Crippen LogP contribution < -0.4 is 21.7 Å². The molecule has 7 N–H and O–H groups in total. The second-order valence-electron chi connectivity index (χ2n) is 17.7. The molecule has 0 fully saturated rings. The van der Waals surface area contributed by atoms with E-state index in [1.54, 1.807) is 13.8 Å². The Bertz CT molecular complexity index is 1370. The van der Waals surface area contributed by atoms with Gasteiger partial charge in [0.2, 0.25) is 17.7 Å². The lowest BCUT2D eigenvalue weighted by Crippen LogP contribution is -2.42. The van der Waals surface area contributed by atoms with Crippen molar-refractivity contribution in [2.75, 3.05) is 65.9 Å². The lowest BCUT2D eigenvalue weighted by atomic mass is 9.87. The van der Waals surface area contributed by atoms with Gasteiger partial charge >= 0.3 is 11.9 Å². The summed E-state index contributed by atoms with van der Waals surface area (Å²) in [6.45, 7) is 6.53. The molecule has 66 heavy (non-hydrogen) atoms. The molecular formula is C48H86N4O14. The molecule has 18 heteroatoms. The summed E-state index contributed by atoms with van der Waals surface area (Å²) >= 11 is 0. The van der Waals surface area contributed by atoms with Crippen LogP contribution >= 0.6 is 0 Å². The van der Waals surface area contributed by atoms with Gasteiger partial charge in [-0.05, 0) is 59.3 Å². The maximum atomic E-state index is 12.4. The number of hydrogen-bond donors (Lipinski definition) is 6. The number of ether oxygens (including phenoxy) is 4. The summed E-state index contributed by atoms with van der Waals surface area (Å²) in [7, 11) is 0. The van der Waals surface area contributed by atoms with Gasteiger partial charge in [-0.3, -0.25) is 33.6 Å². The fourth-order valence-electron chi connectivity index (χ4n) is 6.82. The summed E-state index contributed by atoms with van der Waals surface area (Å²) in [5.41, 5.74) is 4.86. The van der Waals surface area contributed by atoms with Crippen molar-refractivity contribution in [1.29, 1.82) is 0 Å². The first-order chi connectivity index (χ1) is 31.5. The summed E-state index contributed by atoms with van der Waals surface area (Å²) in [5, 5.41) is 26.2. The second-order valence-corrected chi connectivity index (χ2v) is 17.7. The SMILES string of the molecule is CC(=O)[C@H](CCCCNC(=O)COCCOCCNC(=O)COCCOCCCC(=O)CC[C@H](NC(=O)CCCCCCCCCCCCCCCCC(=O)O)C(=O)O)CC(=O)C(C)(C)N. The van der Waals surface area contributed by atoms with Crippen molar-refractivity contribution in [2.24, 2.45) is 11.7 Å². The molecule has 0 aliphatic heterocycles.